The van der Waals surface area contributed by atoms with Crippen LogP contribution >= 0.6 is 0 Å². The number of hydrogen-bond donors (Lipinski definition) is 2. The standard InChI is InChI=1S/C15H23FN2O2/c1-5-9(2)18-15(19)11(4)20-12-6-7-13(10(3)17)14(16)8-12/h6-11H,5,17H2,1-4H3,(H,18,19)/t9?,10-,11?/m0/s1. The van der Waals surface area contributed by atoms with Crippen molar-refractivity contribution in [2.45, 2.75) is 52.3 Å². The number of rotatable bonds is 6. The summed E-state index contributed by atoms with van der Waals surface area (Å²) in [5.41, 5.74) is 6.06. The predicted molar refractivity (Wildman–Crippen MR) is 77.0 cm³/mol. The van der Waals surface area contributed by atoms with E-state index < -0.39 is 11.9 Å². The van der Waals surface area contributed by atoms with Crippen LogP contribution in [0, 0.1) is 5.82 Å². The fourth-order valence-corrected chi connectivity index (χ4v) is 1.67. The van der Waals surface area contributed by atoms with Crippen LogP contribution in [-0.2, 0) is 4.79 Å². The van der Waals surface area contributed by atoms with Crippen molar-refractivity contribution in [3.8, 4) is 5.75 Å². The number of ether oxygens (including phenoxy) is 1. The molecule has 0 radical (unpaired) electrons. The predicted octanol–water partition coefficient (Wildman–Crippen LogP) is 2.53. The Bertz CT molecular complexity index is 463. The molecule has 5 heteroatoms. The van der Waals surface area contributed by atoms with E-state index in [2.05, 4.69) is 5.32 Å². The molecule has 0 aliphatic rings. The van der Waals surface area contributed by atoms with Gasteiger partial charge in [0.05, 0.1) is 0 Å². The van der Waals surface area contributed by atoms with Crippen molar-refractivity contribution in [1.82, 2.24) is 5.32 Å². The molecule has 20 heavy (non-hydrogen) atoms. The Morgan fingerprint density at radius 1 is 1.40 bits per heavy atom. The zero-order valence-corrected chi connectivity index (χ0v) is 12.4. The van der Waals surface area contributed by atoms with Crippen LogP contribution in [0.3, 0.4) is 0 Å². The zero-order chi connectivity index (χ0) is 15.3. The van der Waals surface area contributed by atoms with E-state index in [0.717, 1.165) is 6.42 Å². The Balaban J connectivity index is 2.69. The minimum Gasteiger partial charge on any atom is -0.481 e. The number of hydrogen-bond acceptors (Lipinski definition) is 3. The Labute approximate surface area is 119 Å². The average molecular weight is 282 g/mol. The van der Waals surface area contributed by atoms with Crippen molar-refractivity contribution in [2.24, 2.45) is 5.73 Å². The van der Waals surface area contributed by atoms with Crippen molar-refractivity contribution in [3.05, 3.63) is 29.6 Å². The number of carbonyl (C=O) groups excluding carboxylic acids is 1. The maximum absolute atomic E-state index is 13.8. The molecule has 3 N–H and O–H groups in total. The highest BCUT2D eigenvalue weighted by Crippen LogP contribution is 2.21. The molecule has 0 fully saturated rings. The Hall–Kier alpha value is -1.62. The molecule has 4 nitrogen and oxygen atoms in total. The number of amides is 1. The minimum atomic E-state index is -0.676. The molecule has 0 saturated carbocycles. The average Bonchev–Trinajstić information content (AvgIpc) is 2.37. The second kappa shape index (κ2) is 7.24. The molecule has 1 aromatic rings. The molecule has 0 aliphatic carbocycles. The fourth-order valence-electron chi connectivity index (χ4n) is 1.67. The van der Waals surface area contributed by atoms with Gasteiger partial charge in [-0.1, -0.05) is 13.0 Å². The van der Waals surface area contributed by atoms with Gasteiger partial charge >= 0.3 is 0 Å². The molecular formula is C15H23FN2O2. The lowest BCUT2D eigenvalue weighted by atomic mass is 10.1. The number of benzene rings is 1. The third-order valence-electron chi connectivity index (χ3n) is 3.15. The van der Waals surface area contributed by atoms with E-state index in [1.54, 1.807) is 26.0 Å². The summed E-state index contributed by atoms with van der Waals surface area (Å²) >= 11 is 0. The van der Waals surface area contributed by atoms with Gasteiger partial charge in [0.15, 0.2) is 6.10 Å². The molecule has 112 valence electrons. The highest BCUT2D eigenvalue weighted by molar-refractivity contribution is 5.80. The van der Waals surface area contributed by atoms with E-state index in [9.17, 15) is 9.18 Å². The van der Waals surface area contributed by atoms with Gasteiger partial charge < -0.3 is 15.8 Å². The lowest BCUT2D eigenvalue weighted by molar-refractivity contribution is -0.127. The molecule has 3 atom stereocenters. The second-order valence-electron chi connectivity index (χ2n) is 5.05. The van der Waals surface area contributed by atoms with Crippen molar-refractivity contribution < 1.29 is 13.9 Å². The summed E-state index contributed by atoms with van der Waals surface area (Å²) in [6.45, 7) is 7.25. The van der Waals surface area contributed by atoms with E-state index in [4.69, 9.17) is 10.5 Å². The molecule has 0 spiro atoms. The Kier molecular flexibility index (Phi) is 5.95. The van der Waals surface area contributed by atoms with E-state index in [1.807, 2.05) is 13.8 Å². The van der Waals surface area contributed by atoms with Gasteiger partial charge in [-0.25, -0.2) is 4.39 Å². The van der Waals surface area contributed by atoms with Crippen LogP contribution in [0.2, 0.25) is 0 Å². The van der Waals surface area contributed by atoms with E-state index in [0.29, 0.717) is 11.3 Å². The van der Waals surface area contributed by atoms with Crippen molar-refractivity contribution in [3.63, 3.8) is 0 Å². The normalized spacial score (nSPS) is 15.3. The molecular weight excluding hydrogens is 259 g/mol. The molecule has 1 aromatic carbocycles. The summed E-state index contributed by atoms with van der Waals surface area (Å²) in [5, 5.41) is 2.82. The smallest absolute Gasteiger partial charge is 0.260 e. The van der Waals surface area contributed by atoms with E-state index in [-0.39, 0.29) is 18.0 Å². The van der Waals surface area contributed by atoms with Crippen LogP contribution in [0.25, 0.3) is 0 Å². The summed E-state index contributed by atoms with van der Waals surface area (Å²) in [5.74, 6) is -0.318. The van der Waals surface area contributed by atoms with Gasteiger partial charge in [-0.15, -0.1) is 0 Å². The summed E-state index contributed by atoms with van der Waals surface area (Å²) in [6, 6.07) is 4.16. The summed E-state index contributed by atoms with van der Waals surface area (Å²) in [7, 11) is 0. The summed E-state index contributed by atoms with van der Waals surface area (Å²) in [4.78, 5) is 11.8. The maximum atomic E-state index is 13.8. The van der Waals surface area contributed by atoms with Gasteiger partial charge in [0.1, 0.15) is 11.6 Å². The van der Waals surface area contributed by atoms with Crippen LogP contribution in [0.5, 0.6) is 5.75 Å². The molecule has 2 unspecified atom stereocenters. The maximum Gasteiger partial charge on any atom is 0.260 e. The largest absolute Gasteiger partial charge is 0.481 e. The third kappa shape index (κ3) is 4.49. The van der Waals surface area contributed by atoms with E-state index in [1.165, 1.54) is 6.07 Å². The first-order valence-electron chi connectivity index (χ1n) is 6.87. The SMILES string of the molecule is CCC(C)NC(=O)C(C)Oc1ccc([C@H](C)N)c(F)c1. The second-order valence-corrected chi connectivity index (χ2v) is 5.05. The molecule has 0 saturated heterocycles. The summed E-state index contributed by atoms with van der Waals surface area (Å²) < 4.78 is 19.2. The van der Waals surface area contributed by atoms with Gasteiger partial charge in [-0.2, -0.15) is 0 Å². The van der Waals surface area contributed by atoms with Gasteiger partial charge in [0, 0.05) is 23.7 Å². The number of halogens is 1. The van der Waals surface area contributed by atoms with Gasteiger partial charge in [-0.05, 0) is 33.3 Å². The van der Waals surface area contributed by atoms with Crippen molar-refractivity contribution in [1.29, 1.82) is 0 Å². The zero-order valence-electron chi connectivity index (χ0n) is 12.4. The molecule has 0 bridgehead atoms. The monoisotopic (exact) mass is 282 g/mol. The topological polar surface area (TPSA) is 64.3 Å². The van der Waals surface area contributed by atoms with Crippen molar-refractivity contribution in [2.75, 3.05) is 0 Å². The third-order valence-corrected chi connectivity index (χ3v) is 3.15. The van der Waals surface area contributed by atoms with Gasteiger partial charge in [-0.3, -0.25) is 4.79 Å². The van der Waals surface area contributed by atoms with Crippen molar-refractivity contribution >= 4 is 5.91 Å². The minimum absolute atomic E-state index is 0.0887. The highest BCUT2D eigenvalue weighted by Gasteiger charge is 2.17. The number of nitrogens with one attached hydrogen (secondary N) is 1. The van der Waals surface area contributed by atoms with Gasteiger partial charge in [0.25, 0.3) is 5.91 Å². The quantitative estimate of drug-likeness (QED) is 0.842. The van der Waals surface area contributed by atoms with Crippen LogP contribution in [0.1, 0.15) is 45.7 Å². The number of nitrogens with two attached hydrogens (primary N) is 1. The highest BCUT2D eigenvalue weighted by atomic mass is 19.1. The first kappa shape index (κ1) is 16.4. The number of carbonyl (C=O) groups is 1. The van der Waals surface area contributed by atoms with Crippen LogP contribution in [0.4, 0.5) is 4.39 Å². The lowest BCUT2D eigenvalue weighted by Crippen LogP contribution is -2.41. The lowest BCUT2D eigenvalue weighted by Gasteiger charge is -2.18. The molecule has 0 aromatic heterocycles. The molecule has 1 amide bonds. The molecule has 1 rings (SSSR count). The first-order chi connectivity index (χ1) is 9.35. The van der Waals surface area contributed by atoms with E-state index >= 15 is 0 Å². The van der Waals surface area contributed by atoms with Crippen LogP contribution in [0.15, 0.2) is 18.2 Å². The molecule has 0 aliphatic heterocycles. The first-order valence-corrected chi connectivity index (χ1v) is 6.87. The van der Waals surface area contributed by atoms with Gasteiger partial charge in [0.2, 0.25) is 0 Å². The summed E-state index contributed by atoms with van der Waals surface area (Å²) in [6.07, 6.45) is 0.167. The van der Waals surface area contributed by atoms with Crippen LogP contribution < -0.4 is 15.8 Å². The fraction of sp³-hybridized carbons (Fsp3) is 0.533. The van der Waals surface area contributed by atoms with Crippen LogP contribution in [-0.4, -0.2) is 18.1 Å². The molecule has 0 heterocycles. The Morgan fingerprint density at radius 3 is 2.55 bits per heavy atom. The Morgan fingerprint density at radius 2 is 2.05 bits per heavy atom.